The van der Waals surface area contributed by atoms with Gasteiger partial charge < -0.3 is 16.2 Å². The van der Waals surface area contributed by atoms with Crippen molar-refractivity contribution in [2.45, 2.75) is 0 Å². The molecule has 0 unspecified atom stereocenters. The molecule has 0 saturated heterocycles. The topological polar surface area (TPSA) is 134 Å². The quantitative estimate of drug-likeness (QED) is 0.402. The van der Waals surface area contributed by atoms with Crippen LogP contribution in [0.15, 0.2) is 66.9 Å². The highest BCUT2D eigenvalue weighted by Gasteiger charge is 2.22. The van der Waals surface area contributed by atoms with Crippen LogP contribution in [0.4, 0.5) is 11.5 Å². The van der Waals surface area contributed by atoms with Gasteiger partial charge in [0.2, 0.25) is 0 Å². The Kier molecular flexibility index (Phi) is 6.56. The van der Waals surface area contributed by atoms with E-state index in [1.807, 2.05) is 0 Å². The molecule has 0 saturated carbocycles. The van der Waals surface area contributed by atoms with Crippen LogP contribution in [0.1, 0.15) is 15.9 Å². The summed E-state index contributed by atoms with van der Waals surface area (Å²) >= 11 is 0. The summed E-state index contributed by atoms with van der Waals surface area (Å²) in [6.45, 7) is 0. The van der Waals surface area contributed by atoms with Crippen molar-refractivity contribution in [3.8, 4) is 11.5 Å². The van der Waals surface area contributed by atoms with Gasteiger partial charge in [-0.15, -0.1) is 0 Å². The summed E-state index contributed by atoms with van der Waals surface area (Å²) in [5.41, 5.74) is 10.1. The summed E-state index contributed by atoms with van der Waals surface area (Å²) < 4.78 is 5.55. The van der Waals surface area contributed by atoms with Gasteiger partial charge in [-0.05, 0) is 25.2 Å². The van der Waals surface area contributed by atoms with Gasteiger partial charge in [0.05, 0.1) is 11.0 Å². The molecule has 8 heteroatoms. The maximum atomic E-state index is 12.5. The lowest BCUT2D eigenvalue weighted by molar-refractivity contribution is -0.385. The van der Waals surface area contributed by atoms with E-state index in [0.29, 0.717) is 11.3 Å². The Balaban J connectivity index is 0.00000126. The molecule has 3 rings (SSSR count). The van der Waals surface area contributed by atoms with Gasteiger partial charge in [0.25, 0.3) is 5.69 Å². The fraction of sp³-hybridized carbons (Fsp3) is 0.0526. The van der Waals surface area contributed by atoms with Gasteiger partial charge in [0.15, 0.2) is 5.78 Å². The van der Waals surface area contributed by atoms with E-state index in [-0.39, 0.29) is 22.8 Å². The SMILES string of the molecule is CN.Nc1cc(Oc2ccc(C(=O)c3ccccc3)c([N+](=O)[O-])c2)ccn1. The highest BCUT2D eigenvalue weighted by atomic mass is 16.6. The fourth-order valence-electron chi connectivity index (χ4n) is 2.29. The number of anilines is 1. The highest BCUT2D eigenvalue weighted by molar-refractivity contribution is 6.11. The molecule has 0 aliphatic carbocycles. The van der Waals surface area contributed by atoms with Gasteiger partial charge in [-0.25, -0.2) is 4.98 Å². The summed E-state index contributed by atoms with van der Waals surface area (Å²) in [6, 6.07) is 15.5. The summed E-state index contributed by atoms with van der Waals surface area (Å²) in [5.74, 6) is 0.459. The number of rotatable bonds is 5. The van der Waals surface area contributed by atoms with Crippen LogP contribution in [-0.4, -0.2) is 22.7 Å². The van der Waals surface area contributed by atoms with Gasteiger partial charge in [0, 0.05) is 17.8 Å². The fourth-order valence-corrected chi connectivity index (χ4v) is 2.29. The molecule has 0 atom stereocenters. The number of ether oxygens (including phenoxy) is 1. The first-order valence-electron chi connectivity index (χ1n) is 7.90. The Labute approximate surface area is 155 Å². The Morgan fingerprint density at radius 2 is 1.70 bits per heavy atom. The first kappa shape index (κ1) is 19.5. The molecule has 138 valence electrons. The molecule has 8 nitrogen and oxygen atoms in total. The van der Waals surface area contributed by atoms with Crippen LogP contribution >= 0.6 is 0 Å². The molecule has 1 heterocycles. The molecular weight excluding hydrogens is 348 g/mol. The molecule has 0 fully saturated rings. The van der Waals surface area contributed by atoms with Gasteiger partial charge in [-0.1, -0.05) is 30.3 Å². The minimum Gasteiger partial charge on any atom is -0.457 e. The molecule has 4 N–H and O–H groups in total. The zero-order chi connectivity index (χ0) is 19.8. The maximum absolute atomic E-state index is 12.5. The van der Waals surface area contributed by atoms with E-state index < -0.39 is 10.7 Å². The molecule has 0 radical (unpaired) electrons. The molecule has 3 aromatic rings. The number of nitrogens with zero attached hydrogens (tertiary/aromatic N) is 2. The number of nitrogens with two attached hydrogens (primary N) is 2. The van der Waals surface area contributed by atoms with Crippen molar-refractivity contribution in [3.63, 3.8) is 0 Å². The van der Waals surface area contributed by atoms with Crippen molar-refractivity contribution in [3.05, 3.63) is 88.1 Å². The lowest BCUT2D eigenvalue weighted by Crippen LogP contribution is -2.05. The van der Waals surface area contributed by atoms with Crippen molar-refractivity contribution in [2.24, 2.45) is 5.73 Å². The molecule has 1 aromatic heterocycles. The van der Waals surface area contributed by atoms with E-state index in [0.717, 1.165) is 0 Å². The highest BCUT2D eigenvalue weighted by Crippen LogP contribution is 2.30. The van der Waals surface area contributed by atoms with Crippen LogP contribution < -0.4 is 16.2 Å². The zero-order valence-electron chi connectivity index (χ0n) is 14.5. The Morgan fingerprint density at radius 3 is 2.33 bits per heavy atom. The number of ketones is 1. The molecule has 27 heavy (non-hydrogen) atoms. The Bertz CT molecular complexity index is 945. The number of benzene rings is 2. The number of hydrogen-bond acceptors (Lipinski definition) is 7. The number of carbonyl (C=O) groups is 1. The van der Waals surface area contributed by atoms with Crippen LogP contribution in [0.25, 0.3) is 0 Å². The van der Waals surface area contributed by atoms with Gasteiger partial charge >= 0.3 is 0 Å². The minimum absolute atomic E-state index is 0.00204. The molecule has 0 amide bonds. The molecular formula is C19H18N4O4. The number of nitro groups is 1. The standard InChI is InChI=1S/C18H13N3O4.CH5N/c19-17-11-14(8-9-20-17)25-13-6-7-15(16(10-13)21(23)24)18(22)12-4-2-1-3-5-12;1-2/h1-11H,(H2,19,20);2H2,1H3. The third-order valence-electron chi connectivity index (χ3n) is 3.43. The lowest BCUT2D eigenvalue weighted by Gasteiger charge is -2.08. The second kappa shape index (κ2) is 9.07. The largest absolute Gasteiger partial charge is 0.457 e. The molecule has 0 spiro atoms. The number of aromatic nitrogens is 1. The van der Waals surface area contributed by atoms with Crippen LogP contribution in [0, 0.1) is 10.1 Å². The third-order valence-corrected chi connectivity index (χ3v) is 3.43. The number of carbonyl (C=O) groups excluding carboxylic acids is 1. The van der Waals surface area contributed by atoms with Gasteiger partial charge in [-0.3, -0.25) is 14.9 Å². The van der Waals surface area contributed by atoms with E-state index in [1.54, 1.807) is 36.4 Å². The van der Waals surface area contributed by atoms with Crippen molar-refractivity contribution in [1.29, 1.82) is 0 Å². The molecule has 0 aliphatic rings. The van der Waals surface area contributed by atoms with E-state index in [1.165, 1.54) is 37.5 Å². The average Bonchev–Trinajstić information content (AvgIpc) is 2.69. The zero-order valence-corrected chi connectivity index (χ0v) is 14.5. The van der Waals surface area contributed by atoms with E-state index in [2.05, 4.69) is 10.7 Å². The normalized spacial score (nSPS) is 9.70. The van der Waals surface area contributed by atoms with Crippen LogP contribution in [0.2, 0.25) is 0 Å². The average molecular weight is 366 g/mol. The number of nitrogen functional groups attached to an aromatic ring is 1. The molecule has 2 aromatic carbocycles. The van der Waals surface area contributed by atoms with Crippen molar-refractivity contribution in [1.82, 2.24) is 4.98 Å². The van der Waals surface area contributed by atoms with Crippen molar-refractivity contribution < 1.29 is 14.5 Å². The smallest absolute Gasteiger partial charge is 0.284 e. The van der Waals surface area contributed by atoms with E-state index >= 15 is 0 Å². The summed E-state index contributed by atoms with van der Waals surface area (Å²) in [6.07, 6.45) is 1.46. The predicted molar refractivity (Wildman–Crippen MR) is 102 cm³/mol. The first-order valence-corrected chi connectivity index (χ1v) is 7.90. The monoisotopic (exact) mass is 366 g/mol. The van der Waals surface area contributed by atoms with Crippen molar-refractivity contribution in [2.75, 3.05) is 12.8 Å². The number of hydrogen-bond donors (Lipinski definition) is 2. The number of pyridine rings is 1. The second-order valence-electron chi connectivity index (χ2n) is 5.15. The molecule has 0 aliphatic heterocycles. The summed E-state index contributed by atoms with van der Waals surface area (Å²) in [7, 11) is 1.50. The van der Waals surface area contributed by atoms with E-state index in [9.17, 15) is 14.9 Å². The van der Waals surface area contributed by atoms with Crippen LogP contribution in [0.5, 0.6) is 11.5 Å². The van der Waals surface area contributed by atoms with Crippen LogP contribution in [-0.2, 0) is 0 Å². The van der Waals surface area contributed by atoms with E-state index in [4.69, 9.17) is 10.5 Å². The number of nitro benzene ring substituents is 1. The second-order valence-corrected chi connectivity index (χ2v) is 5.15. The Hall–Kier alpha value is -3.78. The maximum Gasteiger partial charge on any atom is 0.284 e. The Morgan fingerprint density at radius 1 is 1.04 bits per heavy atom. The summed E-state index contributed by atoms with van der Waals surface area (Å²) in [4.78, 5) is 27.1. The first-order chi connectivity index (χ1) is 13.0. The van der Waals surface area contributed by atoms with Gasteiger partial charge in [-0.2, -0.15) is 0 Å². The molecule has 0 bridgehead atoms. The minimum atomic E-state index is -0.607. The van der Waals surface area contributed by atoms with Gasteiger partial charge in [0.1, 0.15) is 22.9 Å². The third kappa shape index (κ3) is 4.86. The summed E-state index contributed by atoms with van der Waals surface area (Å²) in [5, 5.41) is 11.4. The lowest BCUT2D eigenvalue weighted by atomic mass is 10.0. The predicted octanol–water partition coefficient (Wildman–Crippen LogP) is 3.17. The van der Waals surface area contributed by atoms with Crippen LogP contribution in [0.3, 0.4) is 0 Å². The van der Waals surface area contributed by atoms with Crippen molar-refractivity contribution >= 4 is 17.3 Å².